The molecule has 154 valence electrons. The van der Waals surface area contributed by atoms with Crippen molar-refractivity contribution < 1.29 is 9.59 Å². The zero-order chi connectivity index (χ0) is 20.1. The van der Waals surface area contributed by atoms with Crippen LogP contribution in [0.25, 0.3) is 10.8 Å². The molecule has 1 saturated heterocycles. The summed E-state index contributed by atoms with van der Waals surface area (Å²) in [6.45, 7) is 2.66. The number of benzene rings is 2. The summed E-state index contributed by atoms with van der Waals surface area (Å²) in [5.74, 6) is 1.00. The van der Waals surface area contributed by atoms with Crippen LogP contribution in [-0.4, -0.2) is 47.9 Å². The van der Waals surface area contributed by atoms with E-state index in [1.165, 1.54) is 25.7 Å². The van der Waals surface area contributed by atoms with Crippen LogP contribution < -0.4 is 5.32 Å². The molecule has 0 atom stereocenters. The van der Waals surface area contributed by atoms with Gasteiger partial charge in [-0.3, -0.25) is 4.79 Å². The molecule has 2 fully saturated rings. The summed E-state index contributed by atoms with van der Waals surface area (Å²) in [6.07, 6.45) is 7.74. The lowest BCUT2D eigenvalue weighted by Crippen LogP contribution is -2.39. The Labute approximate surface area is 173 Å². The number of anilines is 1. The van der Waals surface area contributed by atoms with E-state index in [0.29, 0.717) is 26.1 Å². The van der Waals surface area contributed by atoms with E-state index in [0.717, 1.165) is 41.8 Å². The molecule has 5 nitrogen and oxygen atoms in total. The lowest BCUT2D eigenvalue weighted by molar-refractivity contribution is -0.131. The summed E-state index contributed by atoms with van der Waals surface area (Å²) >= 11 is 0. The average molecular weight is 394 g/mol. The summed E-state index contributed by atoms with van der Waals surface area (Å²) in [5, 5.41) is 5.23. The van der Waals surface area contributed by atoms with Crippen molar-refractivity contribution in [2.24, 2.45) is 5.92 Å². The Hall–Kier alpha value is -2.56. The molecule has 1 aliphatic heterocycles. The highest BCUT2D eigenvalue weighted by molar-refractivity contribution is 6.01. The Morgan fingerprint density at radius 2 is 1.59 bits per heavy atom. The second-order valence-corrected chi connectivity index (χ2v) is 8.37. The second-order valence-electron chi connectivity index (χ2n) is 8.37. The predicted octanol–water partition coefficient (Wildman–Crippen LogP) is 4.88. The summed E-state index contributed by atoms with van der Waals surface area (Å²) in [7, 11) is 0. The first-order valence-corrected chi connectivity index (χ1v) is 11.0. The van der Waals surface area contributed by atoms with E-state index in [4.69, 9.17) is 0 Å². The quantitative estimate of drug-likeness (QED) is 0.805. The average Bonchev–Trinajstić information content (AvgIpc) is 3.14. The Balaban J connectivity index is 1.31. The molecule has 1 heterocycles. The highest BCUT2D eigenvalue weighted by Crippen LogP contribution is 2.29. The molecule has 1 aliphatic carbocycles. The number of nitrogens with zero attached hydrogens (tertiary/aromatic N) is 2. The topological polar surface area (TPSA) is 52.7 Å². The van der Waals surface area contributed by atoms with Gasteiger partial charge in [0.1, 0.15) is 0 Å². The molecule has 1 N–H and O–H groups in total. The molecule has 0 bridgehead atoms. The zero-order valence-corrected chi connectivity index (χ0v) is 17.1. The van der Waals surface area contributed by atoms with Crippen LogP contribution in [0.1, 0.15) is 44.9 Å². The van der Waals surface area contributed by atoms with Crippen molar-refractivity contribution in [3.63, 3.8) is 0 Å². The third-order valence-electron chi connectivity index (χ3n) is 6.41. The van der Waals surface area contributed by atoms with Crippen LogP contribution in [0.5, 0.6) is 0 Å². The van der Waals surface area contributed by atoms with Crippen molar-refractivity contribution >= 4 is 28.4 Å². The number of hydrogen-bond donors (Lipinski definition) is 1. The van der Waals surface area contributed by atoms with E-state index in [1.54, 1.807) is 0 Å². The second kappa shape index (κ2) is 9.29. The van der Waals surface area contributed by atoms with Gasteiger partial charge in [-0.15, -0.1) is 0 Å². The summed E-state index contributed by atoms with van der Waals surface area (Å²) < 4.78 is 0. The van der Waals surface area contributed by atoms with Gasteiger partial charge in [0.2, 0.25) is 5.91 Å². The lowest BCUT2D eigenvalue weighted by atomic mass is 10.0. The van der Waals surface area contributed by atoms with Crippen LogP contribution in [0.2, 0.25) is 0 Å². The third-order valence-corrected chi connectivity index (χ3v) is 6.41. The summed E-state index contributed by atoms with van der Waals surface area (Å²) in [4.78, 5) is 29.3. The highest BCUT2D eigenvalue weighted by atomic mass is 16.2. The molecular formula is C24H31N3O2. The van der Waals surface area contributed by atoms with Crippen LogP contribution in [0.4, 0.5) is 10.5 Å². The van der Waals surface area contributed by atoms with Gasteiger partial charge in [0, 0.05) is 38.0 Å². The van der Waals surface area contributed by atoms with E-state index in [1.807, 2.05) is 52.3 Å². The minimum Gasteiger partial charge on any atom is -0.341 e. The molecule has 3 amide bonds. The minimum absolute atomic E-state index is 0.0818. The monoisotopic (exact) mass is 393 g/mol. The fourth-order valence-electron chi connectivity index (χ4n) is 4.68. The van der Waals surface area contributed by atoms with E-state index < -0.39 is 0 Å². The molecule has 0 radical (unpaired) electrons. The van der Waals surface area contributed by atoms with Gasteiger partial charge in [0.25, 0.3) is 0 Å². The number of amides is 3. The fourth-order valence-corrected chi connectivity index (χ4v) is 4.68. The number of rotatable bonds is 4. The van der Waals surface area contributed by atoms with Gasteiger partial charge < -0.3 is 15.1 Å². The molecule has 2 aromatic carbocycles. The number of urea groups is 1. The van der Waals surface area contributed by atoms with Gasteiger partial charge in [-0.05, 0) is 30.2 Å². The smallest absolute Gasteiger partial charge is 0.321 e. The maximum Gasteiger partial charge on any atom is 0.321 e. The van der Waals surface area contributed by atoms with Gasteiger partial charge in [0.05, 0.1) is 5.69 Å². The standard InChI is InChI=1S/C24H31N3O2/c28-23(14-13-19-7-1-2-8-19)26-15-6-16-27(18-17-26)24(29)25-22-12-5-10-20-9-3-4-11-21(20)22/h3-5,9-12,19H,1-2,6-8,13-18H2,(H,25,29). The van der Waals surface area contributed by atoms with Crippen LogP contribution in [0.15, 0.2) is 42.5 Å². The lowest BCUT2D eigenvalue weighted by Gasteiger charge is -2.23. The Kier molecular flexibility index (Phi) is 6.33. The predicted molar refractivity (Wildman–Crippen MR) is 117 cm³/mol. The van der Waals surface area contributed by atoms with Crippen molar-refractivity contribution in [2.75, 3.05) is 31.5 Å². The highest BCUT2D eigenvalue weighted by Gasteiger charge is 2.23. The van der Waals surface area contributed by atoms with Gasteiger partial charge in [0.15, 0.2) is 0 Å². The Morgan fingerprint density at radius 3 is 2.45 bits per heavy atom. The maximum absolute atomic E-state index is 12.9. The molecule has 2 aliphatic rings. The molecule has 0 aromatic heterocycles. The number of nitrogens with one attached hydrogen (secondary N) is 1. The normalized spacial score (nSPS) is 18.1. The van der Waals surface area contributed by atoms with Crippen LogP contribution in [0, 0.1) is 5.92 Å². The van der Waals surface area contributed by atoms with Crippen molar-refractivity contribution in [1.29, 1.82) is 0 Å². The molecule has 0 unspecified atom stereocenters. The SMILES string of the molecule is O=C(CCC1CCCC1)N1CCCN(C(=O)Nc2cccc3ccccc23)CC1. The maximum atomic E-state index is 12.9. The third kappa shape index (κ3) is 4.89. The van der Waals surface area contributed by atoms with Crippen LogP contribution in [0.3, 0.4) is 0 Å². The molecule has 2 aromatic rings. The molecule has 4 rings (SSSR count). The van der Waals surface area contributed by atoms with Crippen LogP contribution in [-0.2, 0) is 4.79 Å². The largest absolute Gasteiger partial charge is 0.341 e. The van der Waals surface area contributed by atoms with Crippen molar-refractivity contribution in [1.82, 2.24) is 9.80 Å². The molecule has 1 saturated carbocycles. The first-order chi connectivity index (χ1) is 14.2. The zero-order valence-electron chi connectivity index (χ0n) is 17.1. The van der Waals surface area contributed by atoms with Gasteiger partial charge in [-0.2, -0.15) is 0 Å². The number of carbonyl (C=O) groups is 2. The van der Waals surface area contributed by atoms with Crippen molar-refractivity contribution in [3.05, 3.63) is 42.5 Å². The van der Waals surface area contributed by atoms with Gasteiger partial charge in [-0.1, -0.05) is 62.1 Å². The number of carbonyl (C=O) groups excluding carboxylic acids is 2. The summed E-state index contributed by atoms with van der Waals surface area (Å²) in [5.41, 5.74) is 0.835. The van der Waals surface area contributed by atoms with Gasteiger partial charge >= 0.3 is 6.03 Å². The minimum atomic E-state index is -0.0818. The molecular weight excluding hydrogens is 362 g/mol. The van der Waals surface area contributed by atoms with E-state index in [-0.39, 0.29) is 11.9 Å². The first kappa shape index (κ1) is 19.7. The summed E-state index contributed by atoms with van der Waals surface area (Å²) in [6, 6.07) is 13.9. The molecule has 29 heavy (non-hydrogen) atoms. The Morgan fingerprint density at radius 1 is 0.862 bits per heavy atom. The molecule has 5 heteroatoms. The number of hydrogen-bond acceptors (Lipinski definition) is 2. The van der Waals surface area contributed by atoms with E-state index in [2.05, 4.69) is 5.32 Å². The first-order valence-electron chi connectivity index (χ1n) is 11.0. The van der Waals surface area contributed by atoms with Crippen LogP contribution >= 0.6 is 0 Å². The van der Waals surface area contributed by atoms with E-state index in [9.17, 15) is 9.59 Å². The Bertz CT molecular complexity index is 855. The number of fused-ring (bicyclic) bond motifs is 1. The molecule has 0 spiro atoms. The van der Waals surface area contributed by atoms with Crippen molar-refractivity contribution in [3.8, 4) is 0 Å². The fraction of sp³-hybridized carbons (Fsp3) is 0.500. The van der Waals surface area contributed by atoms with Gasteiger partial charge in [-0.25, -0.2) is 4.79 Å². The van der Waals surface area contributed by atoms with E-state index >= 15 is 0 Å². The van der Waals surface area contributed by atoms with Crippen molar-refractivity contribution in [2.45, 2.75) is 44.9 Å².